The Morgan fingerprint density at radius 1 is 1.29 bits per heavy atom. The van der Waals surface area contributed by atoms with Crippen molar-refractivity contribution in [3.05, 3.63) is 53.0 Å². The standard InChI is InChI=1S/C22H27N3O2S/c1-15(2)13-25-16(3)18(21(26)23-10-11-27-4)12-20(25)19-14-28-22(24-19)17-8-6-5-7-9-17/h5-9,12,14-15H,10-11,13H2,1-4H3,(H,23,26). The average molecular weight is 398 g/mol. The summed E-state index contributed by atoms with van der Waals surface area (Å²) in [6.07, 6.45) is 0. The Morgan fingerprint density at radius 3 is 2.71 bits per heavy atom. The van der Waals surface area contributed by atoms with Crippen molar-refractivity contribution in [3.8, 4) is 22.0 Å². The number of rotatable bonds is 8. The summed E-state index contributed by atoms with van der Waals surface area (Å²) in [7, 11) is 1.63. The van der Waals surface area contributed by atoms with Crippen molar-refractivity contribution in [3.63, 3.8) is 0 Å². The fraction of sp³-hybridized carbons (Fsp3) is 0.364. The van der Waals surface area contributed by atoms with Crippen LogP contribution in [0.1, 0.15) is 29.9 Å². The summed E-state index contributed by atoms with van der Waals surface area (Å²) in [5, 5.41) is 5.98. The number of ether oxygens (including phenoxy) is 1. The molecular formula is C22H27N3O2S. The van der Waals surface area contributed by atoms with E-state index in [1.54, 1.807) is 18.4 Å². The molecule has 0 aliphatic rings. The maximum atomic E-state index is 12.7. The average Bonchev–Trinajstić information content (AvgIpc) is 3.28. The molecule has 1 N–H and O–H groups in total. The van der Waals surface area contributed by atoms with Crippen LogP contribution < -0.4 is 5.32 Å². The first-order valence-electron chi connectivity index (χ1n) is 9.49. The molecule has 5 nitrogen and oxygen atoms in total. The van der Waals surface area contributed by atoms with Crippen LogP contribution in [0.4, 0.5) is 0 Å². The van der Waals surface area contributed by atoms with Gasteiger partial charge in [-0.3, -0.25) is 4.79 Å². The number of carbonyl (C=O) groups is 1. The maximum Gasteiger partial charge on any atom is 0.253 e. The predicted molar refractivity (Wildman–Crippen MR) is 115 cm³/mol. The van der Waals surface area contributed by atoms with Crippen LogP contribution in [0.25, 0.3) is 22.0 Å². The second-order valence-corrected chi connectivity index (χ2v) is 8.04. The van der Waals surface area contributed by atoms with E-state index >= 15 is 0 Å². The van der Waals surface area contributed by atoms with Crippen molar-refractivity contribution in [1.82, 2.24) is 14.9 Å². The van der Waals surface area contributed by atoms with E-state index in [1.807, 2.05) is 31.2 Å². The summed E-state index contributed by atoms with van der Waals surface area (Å²) in [5.41, 5.74) is 4.66. The number of nitrogens with one attached hydrogen (secondary N) is 1. The van der Waals surface area contributed by atoms with Crippen LogP contribution in [0.3, 0.4) is 0 Å². The summed E-state index contributed by atoms with van der Waals surface area (Å²) in [6.45, 7) is 8.19. The van der Waals surface area contributed by atoms with E-state index in [0.717, 1.165) is 34.2 Å². The molecule has 0 unspecified atom stereocenters. The molecule has 3 rings (SSSR count). The Balaban J connectivity index is 1.96. The number of thiazole rings is 1. The van der Waals surface area contributed by atoms with E-state index in [9.17, 15) is 4.79 Å². The van der Waals surface area contributed by atoms with Gasteiger partial charge in [0.2, 0.25) is 0 Å². The number of hydrogen-bond donors (Lipinski definition) is 1. The molecule has 2 heterocycles. The molecule has 28 heavy (non-hydrogen) atoms. The molecule has 2 aromatic heterocycles. The Hall–Kier alpha value is -2.44. The third-order valence-corrected chi connectivity index (χ3v) is 5.43. The van der Waals surface area contributed by atoms with Crippen LogP contribution in [0, 0.1) is 12.8 Å². The van der Waals surface area contributed by atoms with Gasteiger partial charge in [-0.2, -0.15) is 0 Å². The zero-order valence-electron chi connectivity index (χ0n) is 16.9. The van der Waals surface area contributed by atoms with Gasteiger partial charge >= 0.3 is 0 Å². The Morgan fingerprint density at radius 2 is 2.04 bits per heavy atom. The molecule has 0 aliphatic heterocycles. The molecule has 0 saturated carbocycles. The highest BCUT2D eigenvalue weighted by molar-refractivity contribution is 7.13. The van der Waals surface area contributed by atoms with Gasteiger partial charge in [0.15, 0.2) is 0 Å². The van der Waals surface area contributed by atoms with E-state index in [-0.39, 0.29) is 5.91 Å². The van der Waals surface area contributed by atoms with E-state index in [4.69, 9.17) is 9.72 Å². The molecule has 0 radical (unpaired) electrons. The minimum Gasteiger partial charge on any atom is -0.383 e. The second kappa shape index (κ2) is 9.17. The van der Waals surface area contributed by atoms with Gasteiger partial charge in [-0.05, 0) is 18.9 Å². The highest BCUT2D eigenvalue weighted by atomic mass is 32.1. The predicted octanol–water partition coefficient (Wildman–Crippen LogP) is 4.62. The normalized spacial score (nSPS) is 11.2. The van der Waals surface area contributed by atoms with E-state index < -0.39 is 0 Å². The van der Waals surface area contributed by atoms with Crippen molar-refractivity contribution in [1.29, 1.82) is 0 Å². The number of hydrogen-bond acceptors (Lipinski definition) is 4. The number of carbonyl (C=O) groups excluding carboxylic acids is 1. The minimum absolute atomic E-state index is 0.0724. The lowest BCUT2D eigenvalue weighted by atomic mass is 10.2. The molecule has 6 heteroatoms. The quantitative estimate of drug-likeness (QED) is 0.564. The molecule has 0 saturated heterocycles. The smallest absolute Gasteiger partial charge is 0.253 e. The lowest BCUT2D eigenvalue weighted by Crippen LogP contribution is -2.27. The van der Waals surface area contributed by atoms with Crippen LogP contribution in [0.15, 0.2) is 41.8 Å². The summed E-state index contributed by atoms with van der Waals surface area (Å²) < 4.78 is 7.23. The van der Waals surface area contributed by atoms with Gasteiger partial charge in [-0.1, -0.05) is 44.2 Å². The largest absolute Gasteiger partial charge is 0.383 e. The molecule has 1 amide bonds. The second-order valence-electron chi connectivity index (χ2n) is 7.19. The first kappa shape index (κ1) is 20.3. The fourth-order valence-electron chi connectivity index (χ4n) is 3.15. The van der Waals surface area contributed by atoms with Gasteiger partial charge in [0, 0.05) is 36.8 Å². The number of methoxy groups -OCH3 is 1. The SMILES string of the molecule is COCCNC(=O)c1cc(-c2csc(-c3ccccc3)n2)n(CC(C)C)c1C. The first-order valence-corrected chi connectivity index (χ1v) is 10.4. The molecular weight excluding hydrogens is 370 g/mol. The maximum absolute atomic E-state index is 12.7. The number of amides is 1. The topological polar surface area (TPSA) is 56.1 Å². The lowest BCUT2D eigenvalue weighted by molar-refractivity contribution is 0.0936. The van der Waals surface area contributed by atoms with E-state index in [1.165, 1.54) is 0 Å². The first-order chi connectivity index (χ1) is 13.5. The molecule has 0 bridgehead atoms. The summed E-state index contributed by atoms with van der Waals surface area (Å²) in [6, 6.07) is 12.1. The monoisotopic (exact) mass is 397 g/mol. The lowest BCUT2D eigenvalue weighted by Gasteiger charge is -2.13. The van der Waals surface area contributed by atoms with Gasteiger partial charge in [0.25, 0.3) is 5.91 Å². The Kier molecular flexibility index (Phi) is 6.65. The van der Waals surface area contributed by atoms with Crippen LogP contribution in [-0.2, 0) is 11.3 Å². The van der Waals surface area contributed by atoms with Crippen LogP contribution >= 0.6 is 11.3 Å². The molecule has 0 atom stereocenters. The highest BCUT2D eigenvalue weighted by Gasteiger charge is 2.20. The van der Waals surface area contributed by atoms with Crippen molar-refractivity contribution < 1.29 is 9.53 Å². The molecule has 1 aromatic carbocycles. The summed E-state index contributed by atoms with van der Waals surface area (Å²) in [4.78, 5) is 17.5. The van der Waals surface area contributed by atoms with Gasteiger partial charge in [-0.25, -0.2) is 4.98 Å². The number of benzene rings is 1. The van der Waals surface area contributed by atoms with E-state index in [0.29, 0.717) is 24.6 Å². The van der Waals surface area contributed by atoms with Gasteiger partial charge in [0.05, 0.1) is 23.6 Å². The van der Waals surface area contributed by atoms with Crippen molar-refractivity contribution in [2.45, 2.75) is 27.3 Å². The molecule has 0 spiro atoms. The highest BCUT2D eigenvalue weighted by Crippen LogP contribution is 2.32. The van der Waals surface area contributed by atoms with E-state index in [2.05, 4.69) is 41.2 Å². The van der Waals surface area contributed by atoms with Crippen LogP contribution in [0.2, 0.25) is 0 Å². The third-order valence-electron chi connectivity index (χ3n) is 4.54. The van der Waals surface area contributed by atoms with Crippen molar-refractivity contribution >= 4 is 17.2 Å². The zero-order valence-corrected chi connectivity index (χ0v) is 17.7. The zero-order chi connectivity index (χ0) is 20.1. The molecule has 3 aromatic rings. The van der Waals surface area contributed by atoms with Gasteiger partial charge < -0.3 is 14.6 Å². The Bertz CT molecular complexity index is 929. The third kappa shape index (κ3) is 4.51. The van der Waals surface area contributed by atoms with Gasteiger partial charge in [-0.15, -0.1) is 11.3 Å². The Labute approximate surface area is 170 Å². The van der Waals surface area contributed by atoms with Crippen molar-refractivity contribution in [2.75, 3.05) is 20.3 Å². The number of nitrogens with zero attached hydrogens (tertiary/aromatic N) is 2. The molecule has 0 fully saturated rings. The minimum atomic E-state index is -0.0724. The summed E-state index contributed by atoms with van der Waals surface area (Å²) in [5.74, 6) is 0.387. The molecule has 0 aliphatic carbocycles. The van der Waals surface area contributed by atoms with Crippen LogP contribution in [0.5, 0.6) is 0 Å². The van der Waals surface area contributed by atoms with Gasteiger partial charge in [0.1, 0.15) is 5.01 Å². The van der Waals surface area contributed by atoms with Crippen LogP contribution in [-0.4, -0.2) is 35.7 Å². The molecule has 148 valence electrons. The fourth-order valence-corrected chi connectivity index (χ4v) is 3.97. The van der Waals surface area contributed by atoms with Crippen molar-refractivity contribution in [2.24, 2.45) is 5.92 Å². The summed E-state index contributed by atoms with van der Waals surface area (Å²) >= 11 is 1.62. The number of aromatic nitrogens is 2.